The molecule has 6 nitrogen and oxygen atoms in total. The standard InChI is InChI=1S/C13H20BrN3O3S/c1-4-17(5-2)13(18)9-16(3)21(19,20)10-6-7-11(14)12(15)8-10/h6-8H,4-5,9,15H2,1-3H3. The summed E-state index contributed by atoms with van der Waals surface area (Å²) in [5.74, 6) is -0.226. The number of benzene rings is 1. The Balaban J connectivity index is 2.96. The highest BCUT2D eigenvalue weighted by Gasteiger charge is 2.24. The monoisotopic (exact) mass is 377 g/mol. The molecule has 118 valence electrons. The number of carbonyl (C=O) groups excluding carboxylic acids is 1. The van der Waals surface area contributed by atoms with E-state index in [4.69, 9.17) is 5.73 Å². The SMILES string of the molecule is CCN(CC)C(=O)CN(C)S(=O)(=O)c1ccc(Br)c(N)c1. The van der Waals surface area contributed by atoms with Crippen molar-refractivity contribution in [3.8, 4) is 0 Å². The molecule has 1 rings (SSSR count). The summed E-state index contributed by atoms with van der Waals surface area (Å²) in [5.41, 5.74) is 6.04. The van der Waals surface area contributed by atoms with Gasteiger partial charge in [0.15, 0.2) is 0 Å². The first-order chi connectivity index (χ1) is 9.73. The van der Waals surface area contributed by atoms with Gasteiger partial charge in [-0.2, -0.15) is 4.31 Å². The molecule has 0 aliphatic rings. The van der Waals surface area contributed by atoms with Gasteiger partial charge >= 0.3 is 0 Å². The van der Waals surface area contributed by atoms with Crippen LogP contribution >= 0.6 is 15.9 Å². The Kier molecular flexibility index (Phi) is 6.18. The second-order valence-electron chi connectivity index (χ2n) is 4.51. The predicted molar refractivity (Wildman–Crippen MR) is 86.3 cm³/mol. The van der Waals surface area contributed by atoms with Crippen molar-refractivity contribution in [3.05, 3.63) is 22.7 Å². The quantitative estimate of drug-likeness (QED) is 0.761. The van der Waals surface area contributed by atoms with E-state index in [1.807, 2.05) is 13.8 Å². The van der Waals surface area contributed by atoms with Crippen LogP contribution in [0.2, 0.25) is 0 Å². The fraction of sp³-hybridized carbons (Fsp3) is 0.462. The van der Waals surface area contributed by atoms with Crippen molar-refractivity contribution in [2.75, 3.05) is 32.4 Å². The first-order valence-electron chi connectivity index (χ1n) is 6.53. The van der Waals surface area contributed by atoms with Crippen LogP contribution in [0.25, 0.3) is 0 Å². The van der Waals surface area contributed by atoms with Crippen molar-refractivity contribution < 1.29 is 13.2 Å². The maximum Gasteiger partial charge on any atom is 0.243 e. The van der Waals surface area contributed by atoms with Crippen LogP contribution in [0.4, 0.5) is 5.69 Å². The van der Waals surface area contributed by atoms with E-state index < -0.39 is 10.0 Å². The summed E-state index contributed by atoms with van der Waals surface area (Å²) in [4.78, 5) is 13.7. The van der Waals surface area contributed by atoms with E-state index in [2.05, 4.69) is 15.9 Å². The van der Waals surface area contributed by atoms with Crippen molar-refractivity contribution >= 4 is 37.5 Å². The number of hydrogen-bond acceptors (Lipinski definition) is 4. The lowest BCUT2D eigenvalue weighted by Gasteiger charge is -2.23. The number of halogens is 1. The molecular weight excluding hydrogens is 358 g/mol. The van der Waals surface area contributed by atoms with Crippen LogP contribution in [0.3, 0.4) is 0 Å². The molecule has 1 amide bonds. The van der Waals surface area contributed by atoms with Crippen molar-refractivity contribution in [1.82, 2.24) is 9.21 Å². The molecule has 0 radical (unpaired) electrons. The Morgan fingerprint density at radius 1 is 1.29 bits per heavy atom. The van der Waals surface area contributed by atoms with E-state index in [1.54, 1.807) is 11.0 Å². The van der Waals surface area contributed by atoms with Crippen molar-refractivity contribution in [2.45, 2.75) is 18.7 Å². The van der Waals surface area contributed by atoms with E-state index in [0.717, 1.165) is 4.31 Å². The molecule has 0 fully saturated rings. The smallest absolute Gasteiger partial charge is 0.243 e. The van der Waals surface area contributed by atoms with Gasteiger partial charge in [0.2, 0.25) is 15.9 Å². The van der Waals surface area contributed by atoms with Gasteiger partial charge in [-0.05, 0) is 48.0 Å². The van der Waals surface area contributed by atoms with E-state index in [-0.39, 0.29) is 17.3 Å². The van der Waals surface area contributed by atoms with Crippen LogP contribution in [0, 0.1) is 0 Å². The van der Waals surface area contributed by atoms with Crippen molar-refractivity contribution in [1.29, 1.82) is 0 Å². The topological polar surface area (TPSA) is 83.7 Å². The van der Waals surface area contributed by atoms with Crippen LogP contribution in [0.1, 0.15) is 13.8 Å². The fourth-order valence-corrected chi connectivity index (χ4v) is 3.22. The van der Waals surface area contributed by atoms with Gasteiger partial charge < -0.3 is 10.6 Å². The zero-order chi connectivity index (χ0) is 16.2. The third-order valence-electron chi connectivity index (χ3n) is 3.15. The van der Waals surface area contributed by atoms with E-state index in [9.17, 15) is 13.2 Å². The Morgan fingerprint density at radius 2 is 1.86 bits per heavy atom. The Bertz CT molecular complexity index is 615. The minimum absolute atomic E-state index is 0.0676. The maximum absolute atomic E-state index is 12.4. The number of nitrogens with two attached hydrogens (primary N) is 1. The van der Waals surface area contributed by atoms with Crippen molar-refractivity contribution in [2.24, 2.45) is 0 Å². The average Bonchev–Trinajstić information content (AvgIpc) is 2.42. The summed E-state index contributed by atoms with van der Waals surface area (Å²) in [5, 5.41) is 0. The predicted octanol–water partition coefficient (Wildman–Crippen LogP) is 1.52. The molecule has 0 aliphatic heterocycles. The summed E-state index contributed by atoms with van der Waals surface area (Å²) in [6, 6.07) is 4.40. The van der Waals surface area contributed by atoms with Gasteiger partial charge in [-0.15, -0.1) is 0 Å². The third-order valence-corrected chi connectivity index (χ3v) is 5.67. The van der Waals surface area contributed by atoms with Gasteiger partial charge in [-0.3, -0.25) is 4.79 Å². The molecule has 0 bridgehead atoms. The highest BCUT2D eigenvalue weighted by atomic mass is 79.9. The molecule has 0 saturated heterocycles. The van der Waals surface area contributed by atoms with E-state index in [1.165, 1.54) is 19.2 Å². The average molecular weight is 378 g/mol. The molecule has 8 heteroatoms. The number of carbonyl (C=O) groups is 1. The highest BCUT2D eigenvalue weighted by molar-refractivity contribution is 9.10. The van der Waals surface area contributed by atoms with Gasteiger partial charge in [0, 0.05) is 30.3 Å². The fourth-order valence-electron chi connectivity index (χ4n) is 1.81. The lowest BCUT2D eigenvalue weighted by atomic mass is 10.3. The summed E-state index contributed by atoms with van der Waals surface area (Å²) in [7, 11) is -2.35. The molecule has 0 atom stereocenters. The number of nitrogen functional groups attached to an aromatic ring is 1. The molecular formula is C13H20BrN3O3S. The first kappa shape index (κ1) is 17.9. The van der Waals surface area contributed by atoms with Crippen LogP contribution in [-0.2, 0) is 14.8 Å². The molecule has 21 heavy (non-hydrogen) atoms. The number of rotatable bonds is 6. The maximum atomic E-state index is 12.4. The molecule has 0 aliphatic carbocycles. The van der Waals surface area contributed by atoms with Gasteiger partial charge in [-0.25, -0.2) is 8.42 Å². The second kappa shape index (κ2) is 7.24. The van der Waals surface area contributed by atoms with Crippen LogP contribution in [0.15, 0.2) is 27.6 Å². The van der Waals surface area contributed by atoms with Gasteiger partial charge in [0.25, 0.3) is 0 Å². The Labute approximate surface area is 134 Å². The molecule has 2 N–H and O–H groups in total. The number of amides is 1. The summed E-state index contributed by atoms with van der Waals surface area (Å²) < 4.78 is 26.5. The van der Waals surface area contributed by atoms with Crippen LogP contribution in [-0.4, -0.2) is 50.2 Å². The van der Waals surface area contributed by atoms with E-state index in [0.29, 0.717) is 23.2 Å². The molecule has 0 aromatic heterocycles. The van der Waals surface area contributed by atoms with Crippen LogP contribution in [0.5, 0.6) is 0 Å². The Morgan fingerprint density at radius 3 is 2.33 bits per heavy atom. The lowest BCUT2D eigenvalue weighted by molar-refractivity contribution is -0.130. The molecule has 0 spiro atoms. The normalized spacial score (nSPS) is 11.7. The second-order valence-corrected chi connectivity index (χ2v) is 7.41. The zero-order valence-corrected chi connectivity index (χ0v) is 14.7. The minimum Gasteiger partial charge on any atom is -0.398 e. The summed E-state index contributed by atoms with van der Waals surface area (Å²) in [6.07, 6.45) is 0. The first-order valence-corrected chi connectivity index (χ1v) is 8.76. The number of sulfonamides is 1. The molecule has 0 heterocycles. The van der Waals surface area contributed by atoms with Gasteiger partial charge in [-0.1, -0.05) is 0 Å². The third kappa shape index (κ3) is 4.18. The minimum atomic E-state index is -3.74. The van der Waals surface area contributed by atoms with Crippen LogP contribution < -0.4 is 5.73 Å². The Hall–Kier alpha value is -1.12. The van der Waals surface area contributed by atoms with E-state index >= 15 is 0 Å². The molecule has 1 aromatic rings. The van der Waals surface area contributed by atoms with Gasteiger partial charge in [0.1, 0.15) is 0 Å². The number of nitrogens with zero attached hydrogens (tertiary/aromatic N) is 2. The summed E-state index contributed by atoms with van der Waals surface area (Å²) >= 11 is 3.22. The molecule has 1 aromatic carbocycles. The molecule has 0 unspecified atom stereocenters. The highest BCUT2D eigenvalue weighted by Crippen LogP contribution is 2.24. The zero-order valence-electron chi connectivity index (χ0n) is 12.3. The number of anilines is 1. The summed E-state index contributed by atoms with van der Waals surface area (Å²) in [6.45, 7) is 4.61. The number of likely N-dealkylation sites (N-methyl/N-ethyl adjacent to an activating group) is 2. The number of hydrogen-bond donors (Lipinski definition) is 1. The molecule has 0 saturated carbocycles. The lowest BCUT2D eigenvalue weighted by Crippen LogP contribution is -2.40. The van der Waals surface area contributed by atoms with Crippen molar-refractivity contribution in [3.63, 3.8) is 0 Å². The largest absolute Gasteiger partial charge is 0.398 e. The van der Waals surface area contributed by atoms with Gasteiger partial charge in [0.05, 0.1) is 11.4 Å².